The minimum absolute atomic E-state index is 0.00891. The first-order valence-electron chi connectivity index (χ1n) is 4.63. The van der Waals surface area contributed by atoms with Crippen LogP contribution in [0.5, 0.6) is 0 Å². The average molecular weight is 208 g/mol. The quantitative estimate of drug-likeness (QED) is 0.451. The lowest BCUT2D eigenvalue weighted by Crippen LogP contribution is -2.04. The largest absolute Gasteiger partial charge is 0.330 e. The number of rotatable bonds is 5. The molecule has 0 saturated carbocycles. The molecule has 1 aromatic rings. The molecule has 2 N–H and O–H groups in total. The number of benzene rings is 1. The number of hydrogen-bond acceptors (Lipinski definition) is 4. The summed E-state index contributed by atoms with van der Waals surface area (Å²) in [7, 11) is 0. The van der Waals surface area contributed by atoms with Crippen molar-refractivity contribution in [2.24, 2.45) is 5.73 Å². The van der Waals surface area contributed by atoms with Crippen LogP contribution in [0.2, 0.25) is 0 Å². The van der Waals surface area contributed by atoms with Gasteiger partial charge in [0, 0.05) is 24.1 Å². The third kappa shape index (κ3) is 3.14. The highest BCUT2D eigenvalue weighted by molar-refractivity contribution is 5.96. The van der Waals surface area contributed by atoms with E-state index in [1.807, 2.05) is 0 Å². The van der Waals surface area contributed by atoms with Crippen LogP contribution in [0.1, 0.15) is 23.2 Å². The summed E-state index contributed by atoms with van der Waals surface area (Å²) in [6.45, 7) is 0.471. The van der Waals surface area contributed by atoms with Gasteiger partial charge in [-0.15, -0.1) is 0 Å². The Labute approximate surface area is 87.0 Å². The van der Waals surface area contributed by atoms with Crippen LogP contribution in [0, 0.1) is 10.1 Å². The van der Waals surface area contributed by atoms with Crippen LogP contribution in [-0.4, -0.2) is 17.3 Å². The van der Waals surface area contributed by atoms with Crippen molar-refractivity contribution in [2.75, 3.05) is 6.54 Å². The molecule has 0 amide bonds. The van der Waals surface area contributed by atoms with Crippen LogP contribution >= 0.6 is 0 Å². The van der Waals surface area contributed by atoms with Crippen molar-refractivity contribution in [2.45, 2.75) is 12.8 Å². The lowest BCUT2D eigenvalue weighted by Gasteiger charge is -1.99. The predicted octanol–water partition coefficient (Wildman–Crippen LogP) is 1.52. The minimum Gasteiger partial charge on any atom is -0.330 e. The lowest BCUT2D eigenvalue weighted by molar-refractivity contribution is -0.384. The van der Waals surface area contributed by atoms with Crippen molar-refractivity contribution in [1.82, 2.24) is 0 Å². The smallest absolute Gasteiger partial charge is 0.269 e. The first-order valence-corrected chi connectivity index (χ1v) is 4.63. The Balaban J connectivity index is 2.71. The number of nitrogens with two attached hydrogens (primary N) is 1. The molecule has 0 atom stereocenters. The standard InChI is InChI=1S/C10H12N2O3/c11-7-1-2-10(13)8-3-5-9(6-4-8)12(14)15/h3-6H,1-2,7,11H2. The zero-order valence-electron chi connectivity index (χ0n) is 8.18. The van der Waals surface area contributed by atoms with Gasteiger partial charge in [0.15, 0.2) is 5.78 Å². The molecule has 0 fully saturated rings. The number of nitrogens with zero attached hydrogens (tertiary/aromatic N) is 1. The average Bonchev–Trinajstić information content (AvgIpc) is 2.26. The van der Waals surface area contributed by atoms with E-state index in [-0.39, 0.29) is 11.5 Å². The zero-order valence-corrected chi connectivity index (χ0v) is 8.18. The Bertz CT molecular complexity index is 359. The third-order valence-corrected chi connectivity index (χ3v) is 2.01. The van der Waals surface area contributed by atoms with E-state index in [9.17, 15) is 14.9 Å². The van der Waals surface area contributed by atoms with Crippen LogP contribution in [0.15, 0.2) is 24.3 Å². The molecule has 80 valence electrons. The minimum atomic E-state index is -0.492. The highest BCUT2D eigenvalue weighted by Crippen LogP contribution is 2.13. The second-order valence-corrected chi connectivity index (χ2v) is 3.12. The van der Waals surface area contributed by atoms with E-state index in [0.717, 1.165) is 0 Å². The van der Waals surface area contributed by atoms with E-state index in [4.69, 9.17) is 5.73 Å². The molecule has 0 radical (unpaired) electrons. The molecule has 0 aliphatic heterocycles. The maximum Gasteiger partial charge on any atom is 0.269 e. The topological polar surface area (TPSA) is 86.2 Å². The van der Waals surface area contributed by atoms with Gasteiger partial charge in [0.2, 0.25) is 0 Å². The molecule has 0 spiro atoms. The fourth-order valence-electron chi connectivity index (χ4n) is 1.18. The molecule has 0 aliphatic carbocycles. The Hall–Kier alpha value is -1.75. The van der Waals surface area contributed by atoms with Gasteiger partial charge in [0.25, 0.3) is 5.69 Å². The number of ketones is 1. The van der Waals surface area contributed by atoms with Crippen molar-refractivity contribution in [3.05, 3.63) is 39.9 Å². The SMILES string of the molecule is NCCCC(=O)c1ccc([N+](=O)[O-])cc1. The van der Waals surface area contributed by atoms with E-state index >= 15 is 0 Å². The molecule has 1 aromatic carbocycles. The van der Waals surface area contributed by atoms with Gasteiger partial charge in [0.1, 0.15) is 0 Å². The summed E-state index contributed by atoms with van der Waals surface area (Å²) in [5.41, 5.74) is 5.76. The highest BCUT2D eigenvalue weighted by Gasteiger charge is 2.08. The van der Waals surface area contributed by atoms with E-state index in [1.165, 1.54) is 24.3 Å². The van der Waals surface area contributed by atoms with E-state index in [0.29, 0.717) is 24.9 Å². The van der Waals surface area contributed by atoms with Crippen LogP contribution in [-0.2, 0) is 0 Å². The summed E-state index contributed by atoms with van der Waals surface area (Å²) < 4.78 is 0. The molecule has 0 heterocycles. The van der Waals surface area contributed by atoms with Crippen molar-refractivity contribution >= 4 is 11.5 Å². The molecular weight excluding hydrogens is 196 g/mol. The van der Waals surface area contributed by atoms with Crippen LogP contribution in [0.25, 0.3) is 0 Å². The second-order valence-electron chi connectivity index (χ2n) is 3.12. The Kier molecular flexibility index (Phi) is 3.93. The van der Waals surface area contributed by atoms with Gasteiger partial charge in [0.05, 0.1) is 4.92 Å². The van der Waals surface area contributed by atoms with Crippen molar-refractivity contribution in [3.8, 4) is 0 Å². The predicted molar refractivity (Wildman–Crippen MR) is 55.7 cm³/mol. The molecule has 1 rings (SSSR count). The van der Waals surface area contributed by atoms with E-state index in [1.54, 1.807) is 0 Å². The molecule has 5 heteroatoms. The first-order chi connectivity index (χ1) is 7.15. The second kappa shape index (κ2) is 5.21. The molecule has 15 heavy (non-hydrogen) atoms. The van der Waals surface area contributed by atoms with Crippen molar-refractivity contribution < 1.29 is 9.72 Å². The Morgan fingerprint density at radius 2 is 1.93 bits per heavy atom. The fraction of sp³-hybridized carbons (Fsp3) is 0.300. The number of hydrogen-bond donors (Lipinski definition) is 1. The molecule has 0 aromatic heterocycles. The summed E-state index contributed by atoms with van der Waals surface area (Å²) in [5.74, 6) is -0.0321. The van der Waals surface area contributed by atoms with Crippen LogP contribution < -0.4 is 5.73 Å². The first kappa shape index (κ1) is 11.3. The molecule has 0 saturated heterocycles. The number of Topliss-reactive ketones (excluding diaryl/α,β-unsaturated/α-hetero) is 1. The van der Waals surface area contributed by atoms with Crippen molar-refractivity contribution in [3.63, 3.8) is 0 Å². The highest BCUT2D eigenvalue weighted by atomic mass is 16.6. The summed E-state index contributed by atoms with van der Waals surface area (Å²) >= 11 is 0. The van der Waals surface area contributed by atoms with Gasteiger partial charge in [-0.1, -0.05) is 0 Å². The molecule has 5 nitrogen and oxygen atoms in total. The van der Waals surface area contributed by atoms with Gasteiger partial charge in [-0.25, -0.2) is 0 Å². The number of non-ortho nitro benzene ring substituents is 1. The third-order valence-electron chi connectivity index (χ3n) is 2.01. The Morgan fingerprint density at radius 3 is 2.40 bits per heavy atom. The van der Waals surface area contributed by atoms with Crippen LogP contribution in [0.4, 0.5) is 5.69 Å². The molecule has 0 bridgehead atoms. The molecule has 0 aliphatic rings. The van der Waals surface area contributed by atoms with E-state index < -0.39 is 4.92 Å². The summed E-state index contributed by atoms with van der Waals surface area (Å²) in [6.07, 6.45) is 1.02. The van der Waals surface area contributed by atoms with Crippen LogP contribution in [0.3, 0.4) is 0 Å². The van der Waals surface area contributed by atoms with Crippen molar-refractivity contribution in [1.29, 1.82) is 0 Å². The molecular formula is C10H12N2O3. The number of nitro benzene ring substituents is 1. The maximum absolute atomic E-state index is 11.5. The van der Waals surface area contributed by atoms with Gasteiger partial charge >= 0.3 is 0 Å². The number of nitro groups is 1. The molecule has 0 unspecified atom stereocenters. The number of carbonyl (C=O) groups excluding carboxylic acids is 1. The van der Waals surface area contributed by atoms with Gasteiger partial charge in [-0.2, -0.15) is 0 Å². The summed E-state index contributed by atoms with van der Waals surface area (Å²) in [4.78, 5) is 21.3. The van der Waals surface area contributed by atoms with Gasteiger partial charge in [-0.05, 0) is 25.1 Å². The summed E-state index contributed by atoms with van der Waals surface area (Å²) in [6, 6.07) is 5.60. The fourth-order valence-corrected chi connectivity index (χ4v) is 1.18. The van der Waals surface area contributed by atoms with E-state index in [2.05, 4.69) is 0 Å². The summed E-state index contributed by atoms with van der Waals surface area (Å²) in [5, 5.41) is 10.4. The van der Waals surface area contributed by atoms with Gasteiger partial charge in [-0.3, -0.25) is 14.9 Å². The Morgan fingerprint density at radius 1 is 1.33 bits per heavy atom. The number of carbonyl (C=O) groups is 1. The van der Waals surface area contributed by atoms with Gasteiger partial charge < -0.3 is 5.73 Å². The monoisotopic (exact) mass is 208 g/mol. The normalized spacial score (nSPS) is 9.93. The maximum atomic E-state index is 11.5. The lowest BCUT2D eigenvalue weighted by atomic mass is 10.1. The zero-order chi connectivity index (χ0) is 11.3.